The molecule has 140 valence electrons. The van der Waals surface area contributed by atoms with Crippen LogP contribution in [0.2, 0.25) is 0 Å². The molecule has 0 aliphatic carbocycles. The number of furan rings is 1. The average Bonchev–Trinajstić information content (AvgIpc) is 3.32. The van der Waals surface area contributed by atoms with E-state index in [1.54, 1.807) is 12.1 Å². The maximum absolute atomic E-state index is 12.6. The Morgan fingerprint density at radius 3 is 2.37 bits per heavy atom. The highest BCUT2D eigenvalue weighted by atomic mass is 32.2. The number of aryl methyl sites for hydroxylation is 1. The van der Waals surface area contributed by atoms with Gasteiger partial charge >= 0.3 is 0 Å². The lowest BCUT2D eigenvalue weighted by Crippen LogP contribution is -2.27. The van der Waals surface area contributed by atoms with E-state index in [-0.39, 0.29) is 16.6 Å². The molecule has 0 atom stereocenters. The molecule has 27 heavy (non-hydrogen) atoms. The molecule has 1 aromatic heterocycles. The molecular formula is C20H20N2O4S. The Kier molecular flexibility index (Phi) is 4.49. The normalized spacial score (nSPS) is 15.3. The van der Waals surface area contributed by atoms with Crippen LogP contribution in [0.25, 0.3) is 11.0 Å². The van der Waals surface area contributed by atoms with Crippen molar-refractivity contribution >= 4 is 32.6 Å². The summed E-state index contributed by atoms with van der Waals surface area (Å²) in [5.41, 5.74) is 1.95. The third-order valence-corrected chi connectivity index (χ3v) is 6.78. The van der Waals surface area contributed by atoms with E-state index in [0.717, 1.165) is 23.8 Å². The first-order valence-corrected chi connectivity index (χ1v) is 10.3. The van der Waals surface area contributed by atoms with E-state index in [4.69, 9.17) is 4.42 Å². The van der Waals surface area contributed by atoms with Gasteiger partial charge in [-0.15, -0.1) is 0 Å². The first kappa shape index (κ1) is 17.8. The number of nitrogens with one attached hydrogen (secondary N) is 1. The maximum atomic E-state index is 12.6. The Balaban J connectivity index is 1.54. The minimum Gasteiger partial charge on any atom is -0.451 e. The van der Waals surface area contributed by atoms with E-state index in [9.17, 15) is 13.2 Å². The van der Waals surface area contributed by atoms with Gasteiger partial charge in [-0.2, -0.15) is 4.31 Å². The second kappa shape index (κ2) is 6.83. The number of nitrogens with zero attached hydrogens (tertiary/aromatic N) is 1. The molecular weight excluding hydrogens is 364 g/mol. The fraction of sp³-hybridized carbons (Fsp3) is 0.250. The largest absolute Gasteiger partial charge is 0.451 e. The Hall–Kier alpha value is -2.64. The highest BCUT2D eigenvalue weighted by Crippen LogP contribution is 2.26. The highest BCUT2D eigenvalue weighted by Gasteiger charge is 2.27. The summed E-state index contributed by atoms with van der Waals surface area (Å²) >= 11 is 0. The maximum Gasteiger partial charge on any atom is 0.291 e. The molecule has 0 saturated carbocycles. The minimum atomic E-state index is -3.46. The lowest BCUT2D eigenvalue weighted by atomic mass is 10.1. The number of amides is 1. The molecule has 1 amide bonds. The molecule has 0 bridgehead atoms. The van der Waals surface area contributed by atoms with Gasteiger partial charge in [-0.25, -0.2) is 8.42 Å². The number of sulfonamides is 1. The summed E-state index contributed by atoms with van der Waals surface area (Å²) in [5, 5.41) is 3.66. The molecule has 6 nitrogen and oxygen atoms in total. The van der Waals surface area contributed by atoms with Crippen molar-refractivity contribution in [2.75, 3.05) is 18.4 Å². The SMILES string of the molecule is Cc1c(C(=O)Nc2ccc(S(=O)(=O)N3CCCC3)cc2)oc2ccccc12. The van der Waals surface area contributed by atoms with Gasteiger partial charge in [-0.1, -0.05) is 18.2 Å². The number of fused-ring (bicyclic) bond motifs is 1. The van der Waals surface area contributed by atoms with Crippen LogP contribution in [0.5, 0.6) is 0 Å². The van der Waals surface area contributed by atoms with Crippen LogP contribution in [0.3, 0.4) is 0 Å². The number of para-hydroxylation sites is 1. The van der Waals surface area contributed by atoms with Gasteiger partial charge in [-0.3, -0.25) is 4.79 Å². The zero-order valence-corrected chi connectivity index (χ0v) is 15.8. The number of rotatable bonds is 4. The van der Waals surface area contributed by atoms with Gasteiger partial charge in [-0.05, 0) is 50.1 Å². The van der Waals surface area contributed by atoms with E-state index in [1.807, 2.05) is 31.2 Å². The summed E-state index contributed by atoms with van der Waals surface area (Å²) in [7, 11) is -3.46. The van der Waals surface area contributed by atoms with Crippen molar-refractivity contribution in [3.63, 3.8) is 0 Å². The molecule has 3 aromatic rings. The van der Waals surface area contributed by atoms with Crippen molar-refractivity contribution in [2.24, 2.45) is 0 Å². The number of benzene rings is 2. The monoisotopic (exact) mass is 384 g/mol. The Morgan fingerprint density at radius 1 is 1.04 bits per heavy atom. The van der Waals surface area contributed by atoms with Gasteiger partial charge in [0, 0.05) is 29.7 Å². The zero-order chi connectivity index (χ0) is 19.0. The summed E-state index contributed by atoms with van der Waals surface area (Å²) < 4.78 is 32.3. The number of carbonyl (C=O) groups is 1. The standard InChI is InChI=1S/C20H20N2O4S/c1-14-17-6-2-3-7-18(17)26-19(14)20(23)21-15-8-10-16(11-9-15)27(24,25)22-12-4-5-13-22/h2-3,6-11H,4-5,12-13H2,1H3,(H,21,23). The molecule has 1 fully saturated rings. The summed E-state index contributed by atoms with van der Waals surface area (Å²) in [6.07, 6.45) is 1.79. The van der Waals surface area contributed by atoms with E-state index in [1.165, 1.54) is 16.4 Å². The number of hydrogen-bond acceptors (Lipinski definition) is 4. The molecule has 0 spiro atoms. The topological polar surface area (TPSA) is 79.6 Å². The molecule has 0 unspecified atom stereocenters. The molecule has 7 heteroatoms. The van der Waals surface area contributed by atoms with Crippen molar-refractivity contribution in [1.82, 2.24) is 4.31 Å². The van der Waals surface area contributed by atoms with Gasteiger partial charge in [0.25, 0.3) is 5.91 Å². The number of hydrogen-bond donors (Lipinski definition) is 1. The molecule has 4 rings (SSSR count). The Morgan fingerprint density at radius 2 is 1.70 bits per heavy atom. The van der Waals surface area contributed by atoms with Crippen LogP contribution in [-0.4, -0.2) is 31.7 Å². The van der Waals surface area contributed by atoms with Crippen molar-refractivity contribution in [3.8, 4) is 0 Å². The fourth-order valence-electron chi connectivity index (χ4n) is 3.37. The van der Waals surface area contributed by atoms with Gasteiger partial charge in [0.2, 0.25) is 10.0 Å². The van der Waals surface area contributed by atoms with Crippen LogP contribution < -0.4 is 5.32 Å². The predicted octanol–water partition coefficient (Wildman–Crippen LogP) is 3.78. The predicted molar refractivity (Wildman–Crippen MR) is 103 cm³/mol. The third kappa shape index (κ3) is 3.24. The lowest BCUT2D eigenvalue weighted by Gasteiger charge is -2.15. The van der Waals surface area contributed by atoms with Gasteiger partial charge in [0.1, 0.15) is 5.58 Å². The van der Waals surface area contributed by atoms with Crippen molar-refractivity contribution in [1.29, 1.82) is 0 Å². The van der Waals surface area contributed by atoms with E-state index in [2.05, 4.69) is 5.32 Å². The lowest BCUT2D eigenvalue weighted by molar-refractivity contribution is 0.0998. The van der Waals surface area contributed by atoms with Crippen LogP contribution in [0.15, 0.2) is 57.8 Å². The molecule has 0 radical (unpaired) electrons. The summed E-state index contributed by atoms with van der Waals surface area (Å²) in [6, 6.07) is 13.7. The average molecular weight is 384 g/mol. The molecule has 1 aliphatic heterocycles. The van der Waals surface area contributed by atoms with Crippen LogP contribution in [-0.2, 0) is 10.0 Å². The van der Waals surface area contributed by atoms with Crippen LogP contribution in [0.1, 0.15) is 29.0 Å². The second-order valence-corrected chi connectivity index (χ2v) is 8.58. The van der Waals surface area contributed by atoms with E-state index < -0.39 is 10.0 Å². The van der Waals surface area contributed by atoms with Crippen LogP contribution in [0.4, 0.5) is 5.69 Å². The number of anilines is 1. The van der Waals surface area contributed by atoms with Crippen LogP contribution >= 0.6 is 0 Å². The Bertz CT molecular complexity index is 1090. The Labute approximate surface area is 157 Å². The van der Waals surface area contributed by atoms with Gasteiger partial charge < -0.3 is 9.73 Å². The fourth-order valence-corrected chi connectivity index (χ4v) is 4.88. The summed E-state index contributed by atoms with van der Waals surface area (Å²) in [6.45, 7) is 2.96. The van der Waals surface area contributed by atoms with Gasteiger partial charge in [0.05, 0.1) is 4.90 Å². The van der Waals surface area contributed by atoms with Crippen molar-refractivity contribution in [2.45, 2.75) is 24.7 Å². The van der Waals surface area contributed by atoms with E-state index in [0.29, 0.717) is 24.4 Å². The molecule has 2 heterocycles. The molecule has 2 aromatic carbocycles. The summed E-state index contributed by atoms with van der Waals surface area (Å²) in [4.78, 5) is 12.8. The third-order valence-electron chi connectivity index (χ3n) is 4.86. The zero-order valence-electron chi connectivity index (χ0n) is 14.9. The quantitative estimate of drug-likeness (QED) is 0.742. The minimum absolute atomic E-state index is 0.238. The number of carbonyl (C=O) groups excluding carboxylic acids is 1. The van der Waals surface area contributed by atoms with E-state index >= 15 is 0 Å². The van der Waals surface area contributed by atoms with Gasteiger partial charge in [0.15, 0.2) is 5.76 Å². The second-order valence-electron chi connectivity index (χ2n) is 6.64. The molecule has 1 aliphatic rings. The van der Waals surface area contributed by atoms with Crippen molar-refractivity contribution < 1.29 is 17.6 Å². The molecule has 1 saturated heterocycles. The first-order chi connectivity index (χ1) is 13.0. The molecule has 1 N–H and O–H groups in total. The first-order valence-electron chi connectivity index (χ1n) is 8.86. The smallest absolute Gasteiger partial charge is 0.291 e. The van der Waals surface area contributed by atoms with Crippen LogP contribution in [0, 0.1) is 6.92 Å². The highest BCUT2D eigenvalue weighted by molar-refractivity contribution is 7.89. The van der Waals surface area contributed by atoms with Crippen molar-refractivity contribution in [3.05, 3.63) is 59.9 Å². The summed E-state index contributed by atoms with van der Waals surface area (Å²) in [5.74, 6) is -0.108.